The van der Waals surface area contributed by atoms with Gasteiger partial charge in [0.2, 0.25) is 21.8 Å². The predicted octanol–water partition coefficient (Wildman–Crippen LogP) is 2.89. The highest BCUT2D eigenvalue weighted by atomic mass is 32.2. The van der Waals surface area contributed by atoms with E-state index in [1.54, 1.807) is 0 Å². The molecule has 1 saturated carbocycles. The van der Waals surface area contributed by atoms with Crippen molar-refractivity contribution >= 4 is 33.9 Å². The summed E-state index contributed by atoms with van der Waals surface area (Å²) < 4.78 is 31.0. The van der Waals surface area contributed by atoms with E-state index in [4.69, 9.17) is 4.74 Å². The van der Waals surface area contributed by atoms with Crippen molar-refractivity contribution in [1.82, 2.24) is 19.8 Å². The summed E-state index contributed by atoms with van der Waals surface area (Å²) in [6.45, 7) is 8.95. The fourth-order valence-electron chi connectivity index (χ4n) is 5.03. The van der Waals surface area contributed by atoms with Gasteiger partial charge in [-0.3, -0.25) is 9.59 Å². The van der Waals surface area contributed by atoms with E-state index in [1.807, 2.05) is 32.9 Å². The van der Waals surface area contributed by atoms with Crippen molar-refractivity contribution in [3.05, 3.63) is 12.2 Å². The second-order valence-electron chi connectivity index (χ2n) is 12.4. The molecule has 1 heterocycles. The van der Waals surface area contributed by atoms with E-state index in [0.29, 0.717) is 25.8 Å². The minimum absolute atomic E-state index is 0.0459. The third kappa shape index (κ3) is 9.68. The van der Waals surface area contributed by atoms with Crippen LogP contribution in [0.3, 0.4) is 0 Å². The Balaban J connectivity index is 1.93. The lowest BCUT2D eigenvalue weighted by molar-refractivity contribution is -0.145. The molecule has 0 spiro atoms. The number of sulfonamides is 1. The minimum Gasteiger partial charge on any atom is -0.479 e. The average Bonchev–Trinajstić information content (AvgIpc) is 3.38. The summed E-state index contributed by atoms with van der Waals surface area (Å²) in [4.78, 5) is 52.2. The number of carbonyl (C=O) groups excluding carboxylic acids is 3. The topological polar surface area (TPSA) is 162 Å². The third-order valence-corrected chi connectivity index (χ3v) is 9.90. The van der Waals surface area contributed by atoms with Crippen LogP contribution in [0.1, 0.15) is 86.0 Å². The van der Waals surface area contributed by atoms with Gasteiger partial charge < -0.3 is 25.4 Å². The summed E-state index contributed by atoms with van der Waals surface area (Å²) in [5.74, 6) is -2.49. The first-order chi connectivity index (χ1) is 19.6. The van der Waals surface area contributed by atoms with Crippen molar-refractivity contribution in [2.75, 3.05) is 32.4 Å². The van der Waals surface area contributed by atoms with Gasteiger partial charge in [0.05, 0.1) is 12.3 Å². The zero-order chi connectivity index (χ0) is 31.7. The molecule has 0 aromatic carbocycles. The first kappa shape index (κ1) is 35.5. The maximum absolute atomic E-state index is 13.2. The van der Waals surface area contributed by atoms with Crippen LogP contribution < -0.4 is 10.6 Å². The Morgan fingerprint density at radius 3 is 2.45 bits per heavy atom. The molecule has 12 nitrogen and oxygen atoms in total. The van der Waals surface area contributed by atoms with E-state index in [1.165, 1.54) is 25.3 Å². The Hall–Kier alpha value is -2.67. The first-order valence-corrected chi connectivity index (χ1v) is 16.6. The molecule has 0 bridgehead atoms. The summed E-state index contributed by atoms with van der Waals surface area (Å²) >= 11 is 0. The molecule has 0 aromatic heterocycles. The zero-order valence-electron chi connectivity index (χ0n) is 26.0. The van der Waals surface area contributed by atoms with Crippen LogP contribution in [-0.4, -0.2) is 96.7 Å². The van der Waals surface area contributed by atoms with Crippen molar-refractivity contribution < 1.29 is 37.4 Å². The van der Waals surface area contributed by atoms with Gasteiger partial charge in [0.1, 0.15) is 24.2 Å². The monoisotopic (exact) mass is 614 g/mol. The molecule has 42 heavy (non-hydrogen) atoms. The maximum Gasteiger partial charge on any atom is 0.407 e. The number of nitrogens with one attached hydrogen (secondary N) is 2. The van der Waals surface area contributed by atoms with Crippen LogP contribution in [0.2, 0.25) is 0 Å². The van der Waals surface area contributed by atoms with Gasteiger partial charge in [-0.1, -0.05) is 59.1 Å². The van der Waals surface area contributed by atoms with Crippen molar-refractivity contribution in [1.29, 1.82) is 0 Å². The van der Waals surface area contributed by atoms with E-state index in [0.717, 1.165) is 30.0 Å². The molecule has 1 saturated heterocycles. The molecule has 2 rings (SSSR count). The van der Waals surface area contributed by atoms with Crippen LogP contribution in [0.15, 0.2) is 12.2 Å². The van der Waals surface area contributed by atoms with Gasteiger partial charge in [0, 0.05) is 24.9 Å². The molecular weight excluding hydrogens is 564 g/mol. The predicted molar refractivity (Wildman–Crippen MR) is 159 cm³/mol. The Kier molecular flexibility index (Phi) is 12.8. The number of likely N-dealkylation sites (N-methyl/N-ethyl adjacent to an activating group) is 1. The van der Waals surface area contributed by atoms with E-state index in [-0.39, 0.29) is 18.2 Å². The van der Waals surface area contributed by atoms with Crippen molar-refractivity contribution in [3.63, 3.8) is 0 Å². The van der Waals surface area contributed by atoms with E-state index in [2.05, 4.69) is 17.6 Å². The van der Waals surface area contributed by atoms with Gasteiger partial charge in [-0.25, -0.2) is 22.3 Å². The normalized spacial score (nSPS) is 23.2. The highest BCUT2D eigenvalue weighted by Gasteiger charge is 2.61. The van der Waals surface area contributed by atoms with Gasteiger partial charge in [-0.2, -0.15) is 0 Å². The molecule has 240 valence electrons. The van der Waals surface area contributed by atoms with Gasteiger partial charge >= 0.3 is 12.1 Å². The molecule has 1 aliphatic heterocycles. The highest BCUT2D eigenvalue weighted by Crippen LogP contribution is 2.45. The van der Waals surface area contributed by atoms with Crippen LogP contribution >= 0.6 is 0 Å². The Morgan fingerprint density at radius 2 is 1.86 bits per heavy atom. The molecule has 4 atom stereocenters. The summed E-state index contributed by atoms with van der Waals surface area (Å²) in [5, 5.41) is 15.0. The maximum atomic E-state index is 13.2. The van der Waals surface area contributed by atoms with Crippen molar-refractivity contribution in [2.24, 2.45) is 11.3 Å². The fourth-order valence-corrected chi connectivity index (χ4v) is 5.83. The summed E-state index contributed by atoms with van der Waals surface area (Å²) in [6, 6.07) is -0.832. The van der Waals surface area contributed by atoms with Gasteiger partial charge in [0.25, 0.3) is 0 Å². The summed E-state index contributed by atoms with van der Waals surface area (Å²) in [7, 11) is -2.06. The number of carboxylic acid groups (broad SMARTS) is 1. The van der Waals surface area contributed by atoms with Gasteiger partial charge in [-0.05, 0) is 39.0 Å². The molecule has 0 aromatic rings. The number of unbranched alkanes of at least 4 members (excludes halogenated alkanes) is 4. The smallest absolute Gasteiger partial charge is 0.407 e. The van der Waals surface area contributed by atoms with Crippen LogP contribution in [0.4, 0.5) is 4.79 Å². The lowest BCUT2D eigenvalue weighted by Crippen LogP contribution is -2.54. The second kappa shape index (κ2) is 15.2. The van der Waals surface area contributed by atoms with Crippen LogP contribution in [0.5, 0.6) is 0 Å². The lowest BCUT2D eigenvalue weighted by atomic mass is 9.89. The Labute approximate surface area is 250 Å². The minimum atomic E-state index is -3.49. The molecule has 2 fully saturated rings. The quantitative estimate of drug-likeness (QED) is 0.177. The Bertz CT molecular complexity index is 1100. The first-order valence-electron chi connectivity index (χ1n) is 15.0. The van der Waals surface area contributed by atoms with Crippen LogP contribution in [0.25, 0.3) is 0 Å². The molecule has 3 N–H and O–H groups in total. The van der Waals surface area contributed by atoms with Crippen molar-refractivity contribution in [2.45, 2.75) is 104 Å². The number of allylic oxidation sites excluding steroid dienone is 1. The number of amides is 3. The zero-order valence-corrected chi connectivity index (χ0v) is 26.8. The van der Waals surface area contributed by atoms with Gasteiger partial charge in [0.15, 0.2) is 0 Å². The molecule has 2 aliphatic rings. The second-order valence-corrected chi connectivity index (χ2v) is 14.8. The molecule has 13 heteroatoms. The third-order valence-electron chi connectivity index (χ3n) is 8.07. The highest BCUT2D eigenvalue weighted by molar-refractivity contribution is 7.89. The van der Waals surface area contributed by atoms with Crippen LogP contribution in [-0.2, 0) is 29.1 Å². The molecule has 0 radical (unpaired) electrons. The Morgan fingerprint density at radius 1 is 1.17 bits per heavy atom. The fraction of sp³-hybridized carbons (Fsp3) is 0.793. The number of nitrogens with zero attached hydrogens (tertiary/aromatic N) is 2. The van der Waals surface area contributed by atoms with Crippen molar-refractivity contribution in [3.8, 4) is 0 Å². The SMILES string of the molecule is CCCCCC/C=C\C1C[C@]1(NC(=O)[C@@H]1CCCN1C(=O)CNC(=O)OC(CN(C)S(=O)(=O)CC)C(C)(C)C)C(=O)O. The number of likely N-dealkylation sites (tertiary alicyclic amines) is 1. The van der Waals surface area contributed by atoms with Gasteiger partial charge in [-0.15, -0.1) is 0 Å². The number of ether oxygens (including phenoxy) is 1. The molecule has 1 aliphatic carbocycles. The standard InChI is InChI=1S/C29H50N4O8S/c1-7-9-10-11-12-13-15-21-18-29(21,26(36)37)31-25(35)22-16-14-17-33(22)24(34)19-30-27(38)41-23(28(3,4)5)20-32(6)42(39,40)8-2/h13,15,21-23H,7-12,14,16-20H2,1-6H3,(H,30,38)(H,31,35)(H,36,37)/b15-13-/t21?,22-,23?,29+/m0/s1. The number of aliphatic carboxylic acids is 1. The molecule has 2 unspecified atom stereocenters. The lowest BCUT2D eigenvalue weighted by Gasteiger charge is -2.33. The van der Waals surface area contributed by atoms with E-state index < -0.39 is 63.5 Å². The number of hydrogen-bond acceptors (Lipinski definition) is 7. The number of carboxylic acids is 1. The van der Waals surface area contributed by atoms with Crippen LogP contribution in [0, 0.1) is 11.3 Å². The average molecular weight is 615 g/mol. The molecule has 3 amide bonds. The number of hydrogen-bond donors (Lipinski definition) is 3. The van der Waals surface area contributed by atoms with E-state index in [9.17, 15) is 32.7 Å². The molecular formula is C29H50N4O8S. The summed E-state index contributed by atoms with van der Waals surface area (Å²) in [5.41, 5.74) is -1.95. The number of rotatable bonds is 16. The largest absolute Gasteiger partial charge is 0.479 e. The van der Waals surface area contributed by atoms with E-state index >= 15 is 0 Å². The number of alkyl carbamates (subject to hydrolysis) is 1. The number of carbonyl (C=O) groups is 4. The summed E-state index contributed by atoms with van der Waals surface area (Å²) in [6.07, 6.45) is 8.80.